The number of nitrogens with zero attached hydrogens (tertiary/aromatic N) is 1. The highest BCUT2D eigenvalue weighted by Crippen LogP contribution is 2.55. The lowest BCUT2D eigenvalue weighted by Crippen LogP contribution is -2.60. The van der Waals surface area contributed by atoms with Gasteiger partial charge in [-0.05, 0) is 108 Å². The molecule has 3 N–H and O–H groups in total. The molecule has 0 aromatic heterocycles. The van der Waals surface area contributed by atoms with Crippen molar-refractivity contribution in [2.75, 3.05) is 5.32 Å². The van der Waals surface area contributed by atoms with Crippen molar-refractivity contribution in [3.8, 4) is 0 Å². The van der Waals surface area contributed by atoms with Crippen molar-refractivity contribution >= 4 is 17.8 Å². The first-order valence-electron chi connectivity index (χ1n) is 11.7. The predicted octanol–water partition coefficient (Wildman–Crippen LogP) is 5.49. The van der Waals surface area contributed by atoms with E-state index in [4.69, 9.17) is 0 Å². The Hall–Kier alpha value is -2.24. The van der Waals surface area contributed by atoms with Gasteiger partial charge in [-0.3, -0.25) is 0 Å². The number of hydrogen-bond donors (Lipinski definition) is 3. The quantitative estimate of drug-likeness (QED) is 0.581. The predicted molar refractivity (Wildman–Crippen MR) is 122 cm³/mol. The molecule has 6 nitrogen and oxygen atoms in total. The molecule has 1 aromatic carbocycles. The second-order valence-electron chi connectivity index (χ2n) is 11.4. The zero-order valence-corrected chi connectivity index (χ0v) is 19.3. The second kappa shape index (κ2) is 8.03. The van der Waals surface area contributed by atoms with Crippen LogP contribution in [0.2, 0.25) is 0 Å². The van der Waals surface area contributed by atoms with E-state index in [0.717, 1.165) is 48.3 Å². The normalized spacial score (nSPS) is 30.0. The first-order valence-corrected chi connectivity index (χ1v) is 11.7. The van der Waals surface area contributed by atoms with E-state index in [1.807, 2.05) is 52.0 Å². The lowest BCUT2D eigenvalue weighted by molar-refractivity contribution is -0.0127. The van der Waals surface area contributed by atoms with Gasteiger partial charge in [0.2, 0.25) is 0 Å². The molecule has 4 saturated carbocycles. The maximum absolute atomic E-state index is 12.9. The number of benzene rings is 1. The minimum atomic E-state index is -0.913. The van der Waals surface area contributed by atoms with Crippen LogP contribution in [0.5, 0.6) is 0 Å². The lowest BCUT2D eigenvalue weighted by Gasteiger charge is -2.56. The standard InChI is InChI=1S/C25H37N3O3/c1-16(28(23(30)31)24(2,3)4)8-17-6-5-7-21(12-17)26-22(29)27-25-13-18-9-19(14-25)11-20(10-18)15-25/h5-7,12,16,18-20H,8-11,13-15H2,1-4H3,(H,30,31)(H2,26,27,29). The van der Waals surface area contributed by atoms with Crippen LogP contribution >= 0.6 is 0 Å². The molecule has 0 saturated heterocycles. The summed E-state index contributed by atoms with van der Waals surface area (Å²) in [6, 6.07) is 7.47. The fraction of sp³-hybridized carbons (Fsp3) is 0.680. The summed E-state index contributed by atoms with van der Waals surface area (Å²) >= 11 is 0. The molecule has 1 unspecified atom stereocenters. The van der Waals surface area contributed by atoms with Gasteiger partial charge in [-0.1, -0.05) is 12.1 Å². The average molecular weight is 428 g/mol. The summed E-state index contributed by atoms with van der Waals surface area (Å²) in [4.78, 5) is 26.1. The number of nitrogens with one attached hydrogen (secondary N) is 2. The van der Waals surface area contributed by atoms with Gasteiger partial charge in [-0.2, -0.15) is 0 Å². The van der Waals surface area contributed by atoms with Gasteiger partial charge in [-0.25, -0.2) is 9.59 Å². The third kappa shape index (κ3) is 4.83. The monoisotopic (exact) mass is 427 g/mol. The Labute approximate surface area is 185 Å². The van der Waals surface area contributed by atoms with Crippen molar-refractivity contribution in [1.29, 1.82) is 0 Å². The highest BCUT2D eigenvalue weighted by molar-refractivity contribution is 5.89. The minimum absolute atomic E-state index is 0.0142. The zero-order chi connectivity index (χ0) is 22.4. The van der Waals surface area contributed by atoms with Crippen LogP contribution in [0.4, 0.5) is 15.3 Å². The van der Waals surface area contributed by atoms with Crippen LogP contribution in [0.3, 0.4) is 0 Å². The number of carboxylic acid groups (broad SMARTS) is 1. The molecule has 170 valence electrons. The van der Waals surface area contributed by atoms with Gasteiger partial charge in [0.05, 0.1) is 0 Å². The van der Waals surface area contributed by atoms with E-state index in [-0.39, 0.29) is 17.6 Å². The number of anilines is 1. The molecule has 4 bridgehead atoms. The fourth-order valence-electron chi connectivity index (χ4n) is 7.01. The molecule has 0 radical (unpaired) electrons. The van der Waals surface area contributed by atoms with E-state index in [9.17, 15) is 14.7 Å². The maximum atomic E-state index is 12.9. The number of carbonyl (C=O) groups is 2. The number of urea groups is 1. The van der Waals surface area contributed by atoms with Crippen LogP contribution in [0, 0.1) is 17.8 Å². The largest absolute Gasteiger partial charge is 0.465 e. The highest BCUT2D eigenvalue weighted by atomic mass is 16.4. The van der Waals surface area contributed by atoms with Crippen molar-refractivity contribution in [1.82, 2.24) is 10.2 Å². The molecule has 0 spiro atoms. The van der Waals surface area contributed by atoms with Crippen molar-refractivity contribution < 1.29 is 14.7 Å². The molecule has 6 heteroatoms. The number of amides is 3. The van der Waals surface area contributed by atoms with E-state index in [1.165, 1.54) is 24.2 Å². The van der Waals surface area contributed by atoms with Gasteiger partial charge >= 0.3 is 12.1 Å². The fourth-order valence-corrected chi connectivity index (χ4v) is 7.01. The van der Waals surface area contributed by atoms with Crippen LogP contribution in [0.1, 0.15) is 71.8 Å². The molecule has 1 aromatic rings. The molecule has 5 rings (SSSR count). The van der Waals surface area contributed by atoms with E-state index in [0.29, 0.717) is 6.42 Å². The molecule has 4 fully saturated rings. The van der Waals surface area contributed by atoms with Crippen molar-refractivity contribution in [3.05, 3.63) is 29.8 Å². The van der Waals surface area contributed by atoms with Gasteiger partial charge in [0, 0.05) is 22.8 Å². The molecule has 3 amide bonds. The summed E-state index contributed by atoms with van der Waals surface area (Å²) in [5.41, 5.74) is 1.28. The summed E-state index contributed by atoms with van der Waals surface area (Å²) in [5.74, 6) is 2.36. The second-order valence-corrected chi connectivity index (χ2v) is 11.4. The molecule has 4 aliphatic rings. The molecular formula is C25H37N3O3. The van der Waals surface area contributed by atoms with Gasteiger partial charge < -0.3 is 20.6 Å². The van der Waals surface area contributed by atoms with Crippen molar-refractivity contribution in [2.45, 2.75) is 89.8 Å². The first-order chi connectivity index (χ1) is 14.5. The third-order valence-corrected chi connectivity index (χ3v) is 7.50. The lowest BCUT2D eigenvalue weighted by atomic mass is 9.53. The van der Waals surface area contributed by atoms with Gasteiger partial charge in [0.25, 0.3) is 0 Å². The highest BCUT2D eigenvalue weighted by Gasteiger charge is 2.51. The van der Waals surface area contributed by atoms with E-state index in [1.54, 1.807) is 0 Å². The molecular weight excluding hydrogens is 390 g/mol. The topological polar surface area (TPSA) is 81.7 Å². The summed E-state index contributed by atoms with van der Waals surface area (Å²) < 4.78 is 0. The molecule has 4 aliphatic carbocycles. The van der Waals surface area contributed by atoms with Crippen molar-refractivity contribution in [3.63, 3.8) is 0 Å². The molecule has 31 heavy (non-hydrogen) atoms. The first kappa shape index (κ1) is 22.0. The van der Waals surface area contributed by atoms with Gasteiger partial charge in [0.15, 0.2) is 0 Å². The SMILES string of the molecule is CC(Cc1cccc(NC(=O)NC23CC4CC(CC(C4)C2)C3)c1)N(C(=O)O)C(C)(C)C. The number of carbonyl (C=O) groups excluding carboxylic acids is 1. The van der Waals surface area contributed by atoms with E-state index < -0.39 is 11.6 Å². The Morgan fingerprint density at radius 3 is 2.23 bits per heavy atom. The Bertz CT molecular complexity index is 809. The van der Waals surface area contributed by atoms with Crippen molar-refractivity contribution in [2.24, 2.45) is 17.8 Å². The Balaban J connectivity index is 1.38. The average Bonchev–Trinajstić information content (AvgIpc) is 2.58. The molecule has 0 heterocycles. The van der Waals surface area contributed by atoms with Crippen LogP contribution in [0.15, 0.2) is 24.3 Å². The van der Waals surface area contributed by atoms with Gasteiger partial charge in [-0.15, -0.1) is 0 Å². The number of rotatable bonds is 5. The molecule has 1 atom stereocenters. The summed E-state index contributed by atoms with van der Waals surface area (Å²) in [6.45, 7) is 7.65. The Kier molecular flexibility index (Phi) is 5.69. The molecule has 0 aliphatic heterocycles. The van der Waals surface area contributed by atoms with E-state index in [2.05, 4.69) is 10.6 Å². The van der Waals surface area contributed by atoms with Crippen LogP contribution < -0.4 is 10.6 Å². The van der Waals surface area contributed by atoms with Crippen LogP contribution in [-0.2, 0) is 6.42 Å². The summed E-state index contributed by atoms with van der Waals surface area (Å²) in [6.07, 6.45) is 7.12. The van der Waals surface area contributed by atoms with Crippen LogP contribution in [-0.4, -0.2) is 39.3 Å². The Morgan fingerprint density at radius 2 is 1.71 bits per heavy atom. The smallest absolute Gasteiger partial charge is 0.407 e. The summed E-state index contributed by atoms with van der Waals surface area (Å²) in [7, 11) is 0. The van der Waals surface area contributed by atoms with Gasteiger partial charge in [0.1, 0.15) is 0 Å². The van der Waals surface area contributed by atoms with Crippen LogP contribution in [0.25, 0.3) is 0 Å². The zero-order valence-electron chi connectivity index (χ0n) is 19.3. The maximum Gasteiger partial charge on any atom is 0.407 e. The Morgan fingerprint density at radius 1 is 1.13 bits per heavy atom. The third-order valence-electron chi connectivity index (χ3n) is 7.50. The summed E-state index contributed by atoms with van der Waals surface area (Å²) in [5, 5.41) is 16.0. The minimum Gasteiger partial charge on any atom is -0.465 e. The number of hydrogen-bond acceptors (Lipinski definition) is 2. The van der Waals surface area contributed by atoms with E-state index >= 15 is 0 Å².